The summed E-state index contributed by atoms with van der Waals surface area (Å²) in [6, 6.07) is 5.90. The van der Waals surface area contributed by atoms with Crippen molar-refractivity contribution in [2.24, 2.45) is 16.2 Å². The van der Waals surface area contributed by atoms with Crippen LogP contribution in [0.5, 0.6) is 0 Å². The Kier molecular flexibility index (Phi) is 7.66. The predicted molar refractivity (Wildman–Crippen MR) is 140 cm³/mol. The normalized spacial score (nSPS) is 22.0. The Hall–Kier alpha value is -3.38. The first-order valence-electron chi connectivity index (χ1n) is 12.7. The highest BCUT2D eigenvalue weighted by Crippen LogP contribution is 2.50. The van der Waals surface area contributed by atoms with Crippen molar-refractivity contribution in [3.63, 3.8) is 0 Å². The zero-order valence-corrected chi connectivity index (χ0v) is 23.2. The molecule has 5 rings (SSSR count). The van der Waals surface area contributed by atoms with Crippen LogP contribution in [0.25, 0.3) is 0 Å². The molecule has 0 spiro atoms. The van der Waals surface area contributed by atoms with Crippen LogP contribution in [0.1, 0.15) is 59.7 Å². The van der Waals surface area contributed by atoms with Gasteiger partial charge >= 0.3 is 6.18 Å². The summed E-state index contributed by atoms with van der Waals surface area (Å²) in [5.74, 6) is -2.11. The van der Waals surface area contributed by atoms with Gasteiger partial charge in [-0.1, -0.05) is 34.4 Å². The van der Waals surface area contributed by atoms with E-state index in [1.807, 2.05) is 0 Å². The average Bonchev–Trinajstić information content (AvgIpc) is 3.49. The standard InChI is InChI=1S/C27H23Cl2F4N3O5/c1-3-39-21-11-22(40-35-21)36(24(37)14-4-5-14)25(38)17-7-6-15(8-13(17)2)20-12-26(41-34-20,27(31,32)33)16-9-18(28)23(30)19(29)10-16/h6-10,14,22H,3-5,11-12H2,1-2H3/t22?,26-/m0/s1. The van der Waals surface area contributed by atoms with Gasteiger partial charge in [0.25, 0.3) is 11.5 Å². The van der Waals surface area contributed by atoms with Crippen LogP contribution >= 0.6 is 23.2 Å². The molecule has 2 heterocycles. The quantitative estimate of drug-likeness (QED) is 0.210. The summed E-state index contributed by atoms with van der Waals surface area (Å²) >= 11 is 11.5. The second kappa shape index (κ2) is 10.8. The van der Waals surface area contributed by atoms with Crippen molar-refractivity contribution in [1.29, 1.82) is 0 Å². The van der Waals surface area contributed by atoms with Crippen molar-refractivity contribution in [3.05, 3.63) is 68.4 Å². The Bertz CT molecular complexity index is 1450. The van der Waals surface area contributed by atoms with Gasteiger partial charge in [0.1, 0.15) is 0 Å². The first-order chi connectivity index (χ1) is 19.4. The van der Waals surface area contributed by atoms with Crippen molar-refractivity contribution in [2.75, 3.05) is 6.61 Å². The van der Waals surface area contributed by atoms with Gasteiger partial charge < -0.3 is 14.4 Å². The van der Waals surface area contributed by atoms with E-state index in [2.05, 4.69) is 10.3 Å². The Morgan fingerprint density at radius 2 is 1.83 bits per heavy atom. The van der Waals surface area contributed by atoms with E-state index < -0.39 is 57.7 Å². The zero-order valence-electron chi connectivity index (χ0n) is 21.7. The topological polar surface area (TPSA) is 89.8 Å². The van der Waals surface area contributed by atoms with Crippen molar-refractivity contribution < 1.29 is 41.6 Å². The third kappa shape index (κ3) is 5.34. The zero-order chi connectivity index (χ0) is 29.7. The number of aryl methyl sites for hydroxylation is 1. The summed E-state index contributed by atoms with van der Waals surface area (Å²) in [5.41, 5.74) is -2.76. The summed E-state index contributed by atoms with van der Waals surface area (Å²) in [4.78, 5) is 38.1. The Morgan fingerprint density at radius 3 is 2.41 bits per heavy atom. The Labute approximate surface area is 241 Å². The monoisotopic (exact) mass is 615 g/mol. The van der Waals surface area contributed by atoms with Gasteiger partial charge in [0, 0.05) is 23.5 Å². The van der Waals surface area contributed by atoms with Gasteiger partial charge in [-0.15, -0.1) is 0 Å². The Balaban J connectivity index is 1.41. The van der Waals surface area contributed by atoms with Gasteiger partial charge in [-0.3, -0.25) is 9.59 Å². The first kappa shape index (κ1) is 29.1. The number of amides is 2. The van der Waals surface area contributed by atoms with E-state index in [4.69, 9.17) is 37.6 Å². The molecule has 218 valence electrons. The van der Waals surface area contributed by atoms with Crippen molar-refractivity contribution in [1.82, 2.24) is 4.90 Å². The molecule has 3 aliphatic rings. The number of halogens is 6. The largest absolute Gasteiger partial charge is 0.479 e. The van der Waals surface area contributed by atoms with E-state index in [1.54, 1.807) is 13.8 Å². The highest BCUT2D eigenvalue weighted by Gasteiger charge is 2.62. The molecule has 41 heavy (non-hydrogen) atoms. The van der Waals surface area contributed by atoms with Crippen LogP contribution in [0.2, 0.25) is 10.0 Å². The summed E-state index contributed by atoms with van der Waals surface area (Å²) in [7, 11) is 0. The molecule has 1 saturated carbocycles. The minimum atomic E-state index is -4.97. The molecule has 2 aromatic rings. The van der Waals surface area contributed by atoms with E-state index >= 15 is 0 Å². The van der Waals surface area contributed by atoms with Gasteiger partial charge in [-0.05, 0) is 67.2 Å². The molecular formula is C27H23Cl2F4N3O5. The molecule has 2 aliphatic heterocycles. The van der Waals surface area contributed by atoms with E-state index in [-0.39, 0.29) is 35.1 Å². The van der Waals surface area contributed by atoms with Gasteiger partial charge in [0.05, 0.1) is 28.8 Å². The van der Waals surface area contributed by atoms with Crippen LogP contribution in [-0.2, 0) is 24.8 Å². The maximum atomic E-state index is 14.4. The summed E-state index contributed by atoms with van der Waals surface area (Å²) < 4.78 is 62.4. The van der Waals surface area contributed by atoms with Gasteiger partial charge in [0.15, 0.2) is 5.82 Å². The average molecular weight is 616 g/mol. The van der Waals surface area contributed by atoms with Gasteiger partial charge in [-0.25, -0.2) is 9.29 Å². The number of carbonyl (C=O) groups excluding carboxylic acids is 2. The third-order valence-electron chi connectivity index (χ3n) is 7.03. The minimum absolute atomic E-state index is 0.0687. The number of oxime groups is 2. The highest BCUT2D eigenvalue weighted by molar-refractivity contribution is 6.35. The van der Waals surface area contributed by atoms with Crippen LogP contribution in [0.4, 0.5) is 17.6 Å². The molecule has 2 amide bonds. The van der Waals surface area contributed by atoms with Crippen LogP contribution in [-0.4, -0.2) is 47.3 Å². The number of nitrogens with zero attached hydrogens (tertiary/aromatic N) is 3. The molecular weight excluding hydrogens is 593 g/mol. The predicted octanol–water partition coefficient (Wildman–Crippen LogP) is 6.50. The summed E-state index contributed by atoms with van der Waals surface area (Å²) in [6.07, 6.45) is -5.32. The van der Waals surface area contributed by atoms with Crippen LogP contribution in [0.3, 0.4) is 0 Å². The lowest BCUT2D eigenvalue weighted by Crippen LogP contribution is -2.46. The lowest BCUT2D eigenvalue weighted by atomic mass is 9.86. The Morgan fingerprint density at radius 1 is 1.15 bits per heavy atom. The van der Waals surface area contributed by atoms with Crippen LogP contribution in [0.15, 0.2) is 40.6 Å². The number of rotatable bonds is 6. The summed E-state index contributed by atoms with van der Waals surface area (Å²) in [6.45, 7) is 3.69. The van der Waals surface area contributed by atoms with E-state index in [0.29, 0.717) is 25.0 Å². The number of imide groups is 1. The fourth-order valence-corrected chi connectivity index (χ4v) is 5.18. The molecule has 0 aromatic heterocycles. The van der Waals surface area contributed by atoms with Crippen molar-refractivity contribution in [3.8, 4) is 0 Å². The molecule has 2 aromatic carbocycles. The molecule has 1 fully saturated rings. The molecule has 1 unspecified atom stereocenters. The lowest BCUT2D eigenvalue weighted by Gasteiger charge is -2.29. The van der Waals surface area contributed by atoms with Crippen molar-refractivity contribution in [2.45, 2.75) is 57.5 Å². The highest BCUT2D eigenvalue weighted by atomic mass is 35.5. The number of hydrogen-bond acceptors (Lipinski definition) is 7. The molecule has 1 aliphatic carbocycles. The molecule has 2 atom stereocenters. The molecule has 0 saturated heterocycles. The lowest BCUT2D eigenvalue weighted by molar-refractivity contribution is -0.275. The number of hydrogen-bond donors (Lipinski definition) is 0. The van der Waals surface area contributed by atoms with Crippen LogP contribution in [0, 0.1) is 18.7 Å². The molecule has 8 nitrogen and oxygen atoms in total. The second-order valence-electron chi connectivity index (χ2n) is 9.88. The van der Waals surface area contributed by atoms with Gasteiger partial charge in [0.2, 0.25) is 18.0 Å². The first-order valence-corrected chi connectivity index (χ1v) is 13.4. The number of carbonyl (C=O) groups is 2. The molecule has 0 N–H and O–H groups in total. The van der Waals surface area contributed by atoms with Gasteiger partial charge in [-0.2, -0.15) is 13.2 Å². The smallest absolute Gasteiger partial charge is 0.435 e. The van der Waals surface area contributed by atoms with E-state index in [1.165, 1.54) is 18.2 Å². The fourth-order valence-electron chi connectivity index (χ4n) is 4.69. The van der Waals surface area contributed by atoms with E-state index in [0.717, 1.165) is 17.0 Å². The third-order valence-corrected chi connectivity index (χ3v) is 7.58. The number of alkyl halides is 3. The van der Waals surface area contributed by atoms with E-state index in [9.17, 15) is 27.2 Å². The van der Waals surface area contributed by atoms with Crippen molar-refractivity contribution >= 4 is 46.6 Å². The molecule has 0 radical (unpaired) electrons. The molecule has 14 heteroatoms. The fraction of sp³-hybridized carbons (Fsp3) is 0.407. The maximum absolute atomic E-state index is 14.4. The maximum Gasteiger partial charge on any atom is 0.435 e. The van der Waals surface area contributed by atoms with Crippen LogP contribution < -0.4 is 0 Å². The molecule has 0 bridgehead atoms. The summed E-state index contributed by atoms with van der Waals surface area (Å²) in [5, 5.41) is 6.33. The second-order valence-corrected chi connectivity index (χ2v) is 10.7. The minimum Gasteiger partial charge on any atom is -0.479 e. The SMILES string of the molecule is CCOC1=NOC(N(C(=O)c2ccc(C3=NO[C@@](c4cc(Cl)c(F)c(Cl)c4)(C(F)(F)F)C3)cc2C)C(=O)C2CC2)C1. The number of ether oxygens (including phenoxy) is 1. The number of benzene rings is 2.